The largest absolute Gasteiger partial charge is 0.295 e. The van der Waals surface area contributed by atoms with E-state index in [1.54, 1.807) is 0 Å². The number of nitrogens with one attached hydrogen (secondary N) is 1. The minimum Gasteiger partial charge on any atom is -0.295 e. The average Bonchev–Trinajstić information content (AvgIpc) is 3.01. The fourth-order valence-corrected chi connectivity index (χ4v) is 6.55. The Balaban J connectivity index is 1.81. The molecule has 1 fully saturated rings. The lowest BCUT2D eigenvalue weighted by molar-refractivity contribution is 0.764. The molecule has 1 nitrogen and oxygen atoms in total. The summed E-state index contributed by atoms with van der Waals surface area (Å²) in [6.07, 6.45) is 5.17. The fourth-order valence-electron chi connectivity index (χ4n) is 3.42. The molecule has 1 N–H and O–H groups in total. The monoisotopic (exact) mass is 311 g/mol. The summed E-state index contributed by atoms with van der Waals surface area (Å²) in [7, 11) is -0.186. The lowest BCUT2D eigenvalue weighted by Gasteiger charge is -2.27. The van der Waals surface area contributed by atoms with Gasteiger partial charge in [0.2, 0.25) is 0 Å². The SMILES string of the molecule is CCCCNP1[C@@H](c2ccccc2)CC[C@@H]1c1ccccc1. The Hall–Kier alpha value is -1.17. The van der Waals surface area contributed by atoms with Gasteiger partial charge in [-0.05, 0) is 45.0 Å². The molecule has 0 spiro atoms. The molecule has 1 saturated heterocycles. The molecule has 1 aliphatic rings. The zero-order valence-corrected chi connectivity index (χ0v) is 14.3. The highest BCUT2D eigenvalue weighted by Crippen LogP contribution is 2.67. The van der Waals surface area contributed by atoms with Crippen LogP contribution in [0.3, 0.4) is 0 Å². The van der Waals surface area contributed by atoms with Gasteiger partial charge in [-0.2, -0.15) is 0 Å². The smallest absolute Gasteiger partial charge is 0.0178 e. The van der Waals surface area contributed by atoms with E-state index < -0.39 is 0 Å². The van der Waals surface area contributed by atoms with Crippen LogP contribution in [0.5, 0.6) is 0 Å². The van der Waals surface area contributed by atoms with Gasteiger partial charge in [0.05, 0.1) is 0 Å². The molecule has 3 rings (SSSR count). The van der Waals surface area contributed by atoms with E-state index in [0.29, 0.717) is 11.3 Å². The molecule has 2 atom stereocenters. The van der Waals surface area contributed by atoms with Crippen molar-refractivity contribution in [3.05, 3.63) is 71.8 Å². The summed E-state index contributed by atoms with van der Waals surface area (Å²) >= 11 is 0. The van der Waals surface area contributed by atoms with Crippen LogP contribution in [-0.4, -0.2) is 6.54 Å². The van der Waals surface area contributed by atoms with Crippen LogP contribution in [0.4, 0.5) is 0 Å². The second-order valence-corrected chi connectivity index (χ2v) is 8.48. The summed E-state index contributed by atoms with van der Waals surface area (Å²) in [6.45, 7) is 3.43. The normalized spacial score (nSPS) is 22.0. The molecule has 0 aromatic heterocycles. The topological polar surface area (TPSA) is 12.0 Å². The average molecular weight is 311 g/mol. The number of hydrogen-bond donors (Lipinski definition) is 1. The van der Waals surface area contributed by atoms with E-state index in [-0.39, 0.29) is 8.07 Å². The van der Waals surface area contributed by atoms with Crippen molar-refractivity contribution in [1.29, 1.82) is 0 Å². The van der Waals surface area contributed by atoms with Gasteiger partial charge in [-0.25, -0.2) is 0 Å². The highest BCUT2D eigenvalue weighted by atomic mass is 31.1. The van der Waals surface area contributed by atoms with Crippen LogP contribution in [0.15, 0.2) is 60.7 Å². The van der Waals surface area contributed by atoms with Crippen LogP contribution in [0.1, 0.15) is 55.1 Å². The summed E-state index contributed by atoms with van der Waals surface area (Å²) in [5.41, 5.74) is 4.46. The van der Waals surface area contributed by atoms with Gasteiger partial charge in [0.25, 0.3) is 0 Å². The zero-order valence-electron chi connectivity index (χ0n) is 13.4. The van der Waals surface area contributed by atoms with Gasteiger partial charge in [0.15, 0.2) is 0 Å². The van der Waals surface area contributed by atoms with E-state index in [1.165, 1.54) is 36.8 Å². The minimum absolute atomic E-state index is 0.186. The molecule has 0 amide bonds. The van der Waals surface area contributed by atoms with Crippen LogP contribution in [0.25, 0.3) is 0 Å². The van der Waals surface area contributed by atoms with E-state index in [9.17, 15) is 0 Å². The van der Waals surface area contributed by atoms with Crippen molar-refractivity contribution in [3.8, 4) is 0 Å². The van der Waals surface area contributed by atoms with Crippen LogP contribution in [0, 0.1) is 0 Å². The van der Waals surface area contributed by atoms with Crippen LogP contribution in [-0.2, 0) is 0 Å². The van der Waals surface area contributed by atoms with Crippen LogP contribution >= 0.6 is 8.07 Å². The lowest BCUT2D eigenvalue weighted by atomic mass is 10.0. The fraction of sp³-hybridized carbons (Fsp3) is 0.400. The first-order valence-corrected chi connectivity index (χ1v) is 10.00. The maximum Gasteiger partial charge on any atom is 0.0178 e. The van der Waals surface area contributed by atoms with Gasteiger partial charge >= 0.3 is 0 Å². The first-order valence-electron chi connectivity index (χ1n) is 8.52. The van der Waals surface area contributed by atoms with E-state index in [1.807, 2.05) is 0 Å². The Bertz CT molecular complexity index is 507. The number of benzene rings is 2. The molecule has 2 heteroatoms. The lowest BCUT2D eigenvalue weighted by Crippen LogP contribution is -2.13. The van der Waals surface area contributed by atoms with Gasteiger partial charge < -0.3 is 0 Å². The van der Waals surface area contributed by atoms with Crippen LogP contribution in [0.2, 0.25) is 0 Å². The quantitative estimate of drug-likeness (QED) is 0.506. The van der Waals surface area contributed by atoms with E-state index >= 15 is 0 Å². The second kappa shape index (κ2) is 7.90. The van der Waals surface area contributed by atoms with Crippen molar-refractivity contribution in [1.82, 2.24) is 5.09 Å². The predicted molar refractivity (Wildman–Crippen MR) is 97.4 cm³/mol. The van der Waals surface area contributed by atoms with Gasteiger partial charge in [0.1, 0.15) is 0 Å². The molecule has 22 heavy (non-hydrogen) atoms. The van der Waals surface area contributed by atoms with Gasteiger partial charge in [-0.15, -0.1) is 0 Å². The molecule has 0 saturated carbocycles. The van der Waals surface area contributed by atoms with Crippen molar-refractivity contribution in [2.24, 2.45) is 0 Å². The predicted octanol–water partition coefficient (Wildman–Crippen LogP) is 6.05. The molecule has 116 valence electrons. The highest BCUT2D eigenvalue weighted by Gasteiger charge is 2.37. The van der Waals surface area contributed by atoms with Gasteiger partial charge in [0, 0.05) is 11.3 Å². The molecular weight excluding hydrogens is 285 g/mol. The van der Waals surface area contributed by atoms with Crippen LogP contribution < -0.4 is 5.09 Å². The Kier molecular flexibility index (Phi) is 5.64. The molecule has 0 aliphatic carbocycles. The Morgan fingerprint density at radius 2 is 1.36 bits per heavy atom. The molecule has 2 aromatic carbocycles. The molecule has 0 unspecified atom stereocenters. The Morgan fingerprint density at radius 1 is 0.864 bits per heavy atom. The van der Waals surface area contributed by atoms with Crippen molar-refractivity contribution in [2.45, 2.75) is 43.9 Å². The third kappa shape index (κ3) is 3.59. The van der Waals surface area contributed by atoms with Gasteiger partial charge in [-0.1, -0.05) is 74.0 Å². The van der Waals surface area contributed by atoms with E-state index in [2.05, 4.69) is 72.7 Å². The molecule has 0 bridgehead atoms. The highest BCUT2D eigenvalue weighted by molar-refractivity contribution is 7.56. The number of hydrogen-bond acceptors (Lipinski definition) is 1. The third-order valence-corrected chi connectivity index (χ3v) is 7.62. The second-order valence-electron chi connectivity index (χ2n) is 6.10. The van der Waals surface area contributed by atoms with Crippen molar-refractivity contribution >= 4 is 8.07 Å². The summed E-state index contributed by atoms with van der Waals surface area (Å²) < 4.78 is 0. The maximum atomic E-state index is 3.94. The van der Waals surface area contributed by atoms with Gasteiger partial charge in [-0.3, -0.25) is 5.09 Å². The van der Waals surface area contributed by atoms with E-state index in [4.69, 9.17) is 0 Å². The number of rotatable bonds is 6. The maximum absolute atomic E-state index is 3.94. The van der Waals surface area contributed by atoms with E-state index in [0.717, 1.165) is 6.54 Å². The Labute approximate surface area is 136 Å². The summed E-state index contributed by atoms with van der Waals surface area (Å²) in [5, 5.41) is 3.94. The summed E-state index contributed by atoms with van der Waals surface area (Å²) in [6, 6.07) is 22.2. The first kappa shape index (κ1) is 15.7. The third-order valence-electron chi connectivity index (χ3n) is 4.58. The molecule has 1 heterocycles. The van der Waals surface area contributed by atoms with Crippen molar-refractivity contribution in [2.75, 3.05) is 6.54 Å². The number of unbranched alkanes of at least 4 members (excludes halogenated alkanes) is 1. The van der Waals surface area contributed by atoms with Crippen molar-refractivity contribution in [3.63, 3.8) is 0 Å². The first-order chi connectivity index (χ1) is 10.9. The molecule has 0 radical (unpaired) electrons. The van der Waals surface area contributed by atoms with Crippen molar-refractivity contribution < 1.29 is 0 Å². The zero-order chi connectivity index (χ0) is 15.2. The standard InChI is InChI=1S/C20H26NP/c1-2-3-16-21-22-19(17-10-6-4-7-11-17)14-15-20(22)18-12-8-5-9-13-18/h4-13,19-21H,2-3,14-16H2,1H3/t19-,20-/m1/s1. The molecule has 2 aromatic rings. The minimum atomic E-state index is -0.186. The summed E-state index contributed by atoms with van der Waals surface area (Å²) in [4.78, 5) is 0. The molecule has 1 aliphatic heterocycles. The molecular formula is C20H26NP. The summed E-state index contributed by atoms with van der Waals surface area (Å²) in [5.74, 6) is 0. The Morgan fingerprint density at radius 3 is 1.82 bits per heavy atom.